The van der Waals surface area contributed by atoms with Crippen molar-refractivity contribution in [3.8, 4) is 11.5 Å². The van der Waals surface area contributed by atoms with Crippen LogP contribution in [0.5, 0.6) is 0 Å². The van der Waals surface area contributed by atoms with Crippen molar-refractivity contribution >= 4 is 5.91 Å². The average molecular weight is 369 g/mol. The summed E-state index contributed by atoms with van der Waals surface area (Å²) in [7, 11) is 0. The number of rotatable bonds is 3. The highest BCUT2D eigenvalue weighted by atomic mass is 19.1. The Morgan fingerprint density at radius 1 is 1.00 bits per heavy atom. The molecule has 0 aliphatic carbocycles. The van der Waals surface area contributed by atoms with Crippen LogP contribution in [0.2, 0.25) is 0 Å². The zero-order valence-electron chi connectivity index (χ0n) is 14.4. The van der Waals surface area contributed by atoms with Gasteiger partial charge < -0.3 is 9.32 Å². The van der Waals surface area contributed by atoms with Crippen LogP contribution in [0.4, 0.5) is 8.78 Å². The number of carbonyl (C=O) groups is 1. The molecule has 0 spiro atoms. The number of amides is 1. The largest absolute Gasteiger partial charge is 0.420 e. The second kappa shape index (κ2) is 7.26. The molecule has 0 radical (unpaired) electrons. The van der Waals surface area contributed by atoms with Crippen LogP contribution >= 0.6 is 0 Å². The molecule has 1 aromatic heterocycles. The van der Waals surface area contributed by atoms with E-state index >= 15 is 0 Å². The molecule has 1 atom stereocenters. The van der Waals surface area contributed by atoms with Crippen molar-refractivity contribution in [3.05, 3.63) is 71.6 Å². The Labute approximate surface area is 154 Å². The van der Waals surface area contributed by atoms with Gasteiger partial charge in [0.2, 0.25) is 11.8 Å². The molecule has 0 saturated carbocycles. The summed E-state index contributed by atoms with van der Waals surface area (Å²) >= 11 is 0. The van der Waals surface area contributed by atoms with Crippen LogP contribution in [0.25, 0.3) is 11.5 Å². The second-order valence-electron chi connectivity index (χ2n) is 6.55. The lowest BCUT2D eigenvalue weighted by Gasteiger charge is -2.31. The van der Waals surface area contributed by atoms with Crippen molar-refractivity contribution < 1.29 is 18.0 Å². The molecule has 4 rings (SSSR count). The van der Waals surface area contributed by atoms with E-state index in [9.17, 15) is 13.6 Å². The van der Waals surface area contributed by atoms with Crippen LogP contribution in [0.1, 0.15) is 35.0 Å². The average Bonchev–Trinajstić information content (AvgIpc) is 3.19. The predicted molar refractivity (Wildman–Crippen MR) is 94.0 cm³/mol. The van der Waals surface area contributed by atoms with Gasteiger partial charge in [-0.3, -0.25) is 4.79 Å². The molecule has 7 heteroatoms. The summed E-state index contributed by atoms with van der Waals surface area (Å²) in [6.45, 7) is 1.09. The molecule has 1 aliphatic rings. The summed E-state index contributed by atoms with van der Waals surface area (Å²) in [6.07, 6.45) is 1.64. The predicted octanol–water partition coefficient (Wildman–Crippen LogP) is 4.03. The number of hydrogen-bond acceptors (Lipinski definition) is 4. The molecule has 5 nitrogen and oxygen atoms in total. The van der Waals surface area contributed by atoms with E-state index in [2.05, 4.69) is 10.2 Å². The molecule has 1 amide bonds. The Morgan fingerprint density at radius 2 is 1.67 bits per heavy atom. The number of aromatic nitrogens is 2. The quantitative estimate of drug-likeness (QED) is 0.699. The highest BCUT2D eigenvalue weighted by molar-refractivity contribution is 5.94. The number of piperidine rings is 1. The van der Waals surface area contributed by atoms with Crippen molar-refractivity contribution in [1.82, 2.24) is 15.1 Å². The van der Waals surface area contributed by atoms with Crippen LogP contribution in [0.15, 0.2) is 52.9 Å². The third kappa shape index (κ3) is 3.72. The van der Waals surface area contributed by atoms with Crippen LogP contribution in [0.3, 0.4) is 0 Å². The lowest BCUT2D eigenvalue weighted by molar-refractivity contribution is 0.0698. The van der Waals surface area contributed by atoms with Crippen molar-refractivity contribution in [1.29, 1.82) is 0 Å². The first-order chi connectivity index (χ1) is 13.1. The molecule has 138 valence electrons. The Kier molecular flexibility index (Phi) is 4.66. The third-order valence-corrected chi connectivity index (χ3v) is 4.68. The van der Waals surface area contributed by atoms with Gasteiger partial charge in [-0.15, -0.1) is 10.2 Å². The number of hydrogen-bond donors (Lipinski definition) is 0. The van der Waals surface area contributed by atoms with E-state index in [0.29, 0.717) is 36.0 Å². The molecule has 1 unspecified atom stereocenters. The molecular weight excluding hydrogens is 352 g/mol. The van der Waals surface area contributed by atoms with Crippen LogP contribution in [-0.2, 0) is 0 Å². The van der Waals surface area contributed by atoms with Gasteiger partial charge in [0.25, 0.3) is 5.91 Å². The summed E-state index contributed by atoms with van der Waals surface area (Å²) < 4.78 is 31.9. The Morgan fingerprint density at radius 3 is 2.37 bits per heavy atom. The normalized spacial score (nSPS) is 17.1. The zero-order chi connectivity index (χ0) is 18.8. The summed E-state index contributed by atoms with van der Waals surface area (Å²) in [5.41, 5.74) is 1.10. The minimum atomic E-state index is -0.373. The van der Waals surface area contributed by atoms with Gasteiger partial charge in [0, 0.05) is 24.2 Å². The molecule has 3 aromatic rings. The molecule has 1 aliphatic heterocycles. The lowest BCUT2D eigenvalue weighted by atomic mass is 9.97. The lowest BCUT2D eigenvalue weighted by Crippen LogP contribution is -2.39. The van der Waals surface area contributed by atoms with Gasteiger partial charge in [0.15, 0.2) is 0 Å². The smallest absolute Gasteiger partial charge is 0.253 e. The Hall–Kier alpha value is -3.09. The SMILES string of the molecule is O=C(c1ccc(F)cc1)N1CCCC(c2nnc(-c3ccc(F)cc3)o2)C1. The number of benzene rings is 2. The van der Waals surface area contributed by atoms with Crippen molar-refractivity contribution in [2.24, 2.45) is 0 Å². The minimum absolute atomic E-state index is 0.0650. The summed E-state index contributed by atoms with van der Waals surface area (Å²) in [4.78, 5) is 14.4. The summed E-state index contributed by atoms with van der Waals surface area (Å²) in [6, 6.07) is 11.4. The van der Waals surface area contributed by atoms with Crippen molar-refractivity contribution in [3.63, 3.8) is 0 Å². The monoisotopic (exact) mass is 369 g/mol. The van der Waals surface area contributed by atoms with Gasteiger partial charge in [0.05, 0.1) is 5.92 Å². The first-order valence-electron chi connectivity index (χ1n) is 8.74. The van der Waals surface area contributed by atoms with Crippen molar-refractivity contribution in [2.75, 3.05) is 13.1 Å². The van der Waals surface area contributed by atoms with Crippen LogP contribution < -0.4 is 0 Å². The maximum absolute atomic E-state index is 13.1. The fraction of sp³-hybridized carbons (Fsp3) is 0.250. The molecular formula is C20H17F2N3O2. The zero-order valence-corrected chi connectivity index (χ0v) is 14.4. The summed E-state index contributed by atoms with van der Waals surface area (Å²) in [5.74, 6) is -0.122. The fourth-order valence-electron chi connectivity index (χ4n) is 3.25. The number of nitrogens with zero attached hydrogens (tertiary/aromatic N) is 3. The maximum Gasteiger partial charge on any atom is 0.253 e. The Bertz CT molecular complexity index is 939. The van der Waals surface area contributed by atoms with Gasteiger partial charge in [0.1, 0.15) is 11.6 Å². The number of likely N-dealkylation sites (tertiary alicyclic amines) is 1. The molecule has 2 aromatic carbocycles. The topological polar surface area (TPSA) is 59.2 Å². The highest BCUT2D eigenvalue weighted by Gasteiger charge is 2.29. The first-order valence-corrected chi connectivity index (χ1v) is 8.74. The summed E-state index contributed by atoms with van der Waals surface area (Å²) in [5, 5.41) is 8.16. The number of carbonyl (C=O) groups excluding carboxylic acids is 1. The Balaban J connectivity index is 1.49. The second-order valence-corrected chi connectivity index (χ2v) is 6.55. The van der Waals surface area contributed by atoms with Crippen LogP contribution in [-0.4, -0.2) is 34.1 Å². The van der Waals surface area contributed by atoms with E-state index in [4.69, 9.17) is 4.42 Å². The van der Waals surface area contributed by atoms with E-state index in [-0.39, 0.29) is 23.5 Å². The van der Waals surface area contributed by atoms with Crippen LogP contribution in [0, 0.1) is 11.6 Å². The molecule has 0 bridgehead atoms. The standard InChI is InChI=1S/C20H17F2N3O2/c21-16-7-3-13(4-8-16)18-23-24-19(27-18)15-2-1-11-25(12-15)20(26)14-5-9-17(22)10-6-14/h3-10,15H,1-2,11-12H2. The first kappa shape index (κ1) is 17.3. The van der Waals surface area contributed by atoms with Gasteiger partial charge >= 0.3 is 0 Å². The molecule has 0 N–H and O–H groups in total. The molecule has 1 saturated heterocycles. The van der Waals surface area contributed by atoms with E-state index in [1.807, 2.05) is 0 Å². The fourth-order valence-corrected chi connectivity index (χ4v) is 3.25. The molecule has 2 heterocycles. The molecule has 1 fully saturated rings. The van der Waals surface area contributed by atoms with Gasteiger partial charge in [-0.25, -0.2) is 8.78 Å². The third-order valence-electron chi connectivity index (χ3n) is 4.68. The van der Waals surface area contributed by atoms with Crippen molar-refractivity contribution in [2.45, 2.75) is 18.8 Å². The van der Waals surface area contributed by atoms with Gasteiger partial charge in [-0.2, -0.15) is 0 Å². The van der Waals surface area contributed by atoms with E-state index in [1.54, 1.807) is 17.0 Å². The van der Waals surface area contributed by atoms with E-state index in [1.165, 1.54) is 36.4 Å². The maximum atomic E-state index is 13.1. The van der Waals surface area contributed by atoms with Gasteiger partial charge in [-0.1, -0.05) is 0 Å². The number of halogens is 2. The highest BCUT2D eigenvalue weighted by Crippen LogP contribution is 2.29. The van der Waals surface area contributed by atoms with Gasteiger partial charge in [-0.05, 0) is 61.4 Å². The molecule has 27 heavy (non-hydrogen) atoms. The minimum Gasteiger partial charge on any atom is -0.420 e. The van der Waals surface area contributed by atoms with E-state index < -0.39 is 0 Å². The van der Waals surface area contributed by atoms with E-state index in [0.717, 1.165) is 12.8 Å².